The van der Waals surface area contributed by atoms with Gasteiger partial charge in [-0.25, -0.2) is 0 Å². The van der Waals surface area contributed by atoms with Crippen LogP contribution >= 0.6 is 0 Å². The fourth-order valence-corrected chi connectivity index (χ4v) is 1.36. The third kappa shape index (κ3) is 4.15. The molecule has 1 aromatic carbocycles. The zero-order chi connectivity index (χ0) is 12.8. The largest absolute Gasteiger partial charge is 0.493 e. The Balaban J connectivity index is 2.53. The molecule has 0 aliphatic rings. The summed E-state index contributed by atoms with van der Waals surface area (Å²) in [6.45, 7) is 5.80. The topological polar surface area (TPSA) is 47.7 Å². The maximum absolute atomic E-state index is 5.72. The highest BCUT2D eigenvalue weighted by Crippen LogP contribution is 2.28. The predicted molar refractivity (Wildman–Crippen MR) is 70.7 cm³/mol. The molecule has 0 aromatic heterocycles. The van der Waals surface area contributed by atoms with Gasteiger partial charge in [-0.3, -0.25) is 0 Å². The normalized spacial score (nSPS) is 10.9. The molecule has 0 saturated heterocycles. The van der Waals surface area contributed by atoms with Gasteiger partial charge in [0.1, 0.15) is 6.61 Å². The predicted octanol–water partition coefficient (Wildman–Crippen LogP) is 2.00. The van der Waals surface area contributed by atoms with Crippen molar-refractivity contribution in [2.24, 2.45) is 0 Å². The number of hydrogen-bond acceptors (Lipinski definition) is 4. The summed E-state index contributed by atoms with van der Waals surface area (Å²) in [5.41, 5.74) is 6.39. The second-order valence-corrected chi connectivity index (χ2v) is 4.33. The van der Waals surface area contributed by atoms with Crippen LogP contribution in [0.4, 0.5) is 5.69 Å². The van der Waals surface area contributed by atoms with Crippen LogP contribution in [0.3, 0.4) is 0 Å². The molecule has 0 fully saturated rings. The van der Waals surface area contributed by atoms with Crippen molar-refractivity contribution in [2.75, 3.05) is 33.0 Å². The third-order valence-electron chi connectivity index (χ3n) is 2.77. The number of nitrogens with zero attached hydrogens (tertiary/aromatic N) is 1. The fourth-order valence-electron chi connectivity index (χ4n) is 1.36. The lowest BCUT2D eigenvalue weighted by Gasteiger charge is -2.21. The average molecular weight is 238 g/mol. The zero-order valence-electron chi connectivity index (χ0n) is 11.1. The highest BCUT2D eigenvalue weighted by atomic mass is 16.5. The molecule has 4 heteroatoms. The van der Waals surface area contributed by atoms with Gasteiger partial charge >= 0.3 is 0 Å². The van der Waals surface area contributed by atoms with Crippen LogP contribution in [-0.4, -0.2) is 38.3 Å². The van der Waals surface area contributed by atoms with Crippen molar-refractivity contribution in [3.05, 3.63) is 18.2 Å². The Morgan fingerprint density at radius 3 is 2.59 bits per heavy atom. The van der Waals surface area contributed by atoms with E-state index in [1.807, 2.05) is 6.07 Å². The van der Waals surface area contributed by atoms with E-state index in [2.05, 4.69) is 25.8 Å². The summed E-state index contributed by atoms with van der Waals surface area (Å²) in [5.74, 6) is 1.41. The van der Waals surface area contributed by atoms with Crippen molar-refractivity contribution in [1.29, 1.82) is 0 Å². The van der Waals surface area contributed by atoms with Crippen LogP contribution in [0.5, 0.6) is 11.5 Å². The lowest BCUT2D eigenvalue weighted by molar-refractivity contribution is 0.204. The highest BCUT2D eigenvalue weighted by molar-refractivity contribution is 5.51. The first kappa shape index (κ1) is 13.6. The molecule has 0 heterocycles. The van der Waals surface area contributed by atoms with Crippen LogP contribution in [0.15, 0.2) is 18.2 Å². The van der Waals surface area contributed by atoms with E-state index in [1.165, 1.54) is 0 Å². The lowest BCUT2D eigenvalue weighted by atomic mass is 10.3. The molecule has 0 saturated carbocycles. The molecule has 0 aliphatic carbocycles. The second kappa shape index (κ2) is 6.35. The molecule has 0 unspecified atom stereocenters. The first-order chi connectivity index (χ1) is 8.04. The molecular formula is C13H22N2O2. The van der Waals surface area contributed by atoms with Crippen molar-refractivity contribution in [2.45, 2.75) is 19.9 Å². The summed E-state index contributed by atoms with van der Waals surface area (Å²) in [7, 11) is 3.70. The van der Waals surface area contributed by atoms with Gasteiger partial charge in [0.05, 0.1) is 7.11 Å². The van der Waals surface area contributed by atoms with Crippen LogP contribution in [0, 0.1) is 0 Å². The minimum atomic E-state index is 0.515. The molecule has 4 nitrogen and oxygen atoms in total. The molecule has 0 atom stereocenters. The van der Waals surface area contributed by atoms with Crippen LogP contribution in [0.2, 0.25) is 0 Å². The quantitative estimate of drug-likeness (QED) is 0.770. The Bertz CT molecular complexity index is 353. The van der Waals surface area contributed by atoms with Crippen LogP contribution in [0.1, 0.15) is 13.8 Å². The number of nitrogens with two attached hydrogens (primary N) is 1. The Labute approximate surface area is 103 Å². The molecule has 0 spiro atoms. The van der Waals surface area contributed by atoms with E-state index < -0.39 is 0 Å². The Morgan fingerprint density at radius 1 is 1.29 bits per heavy atom. The molecular weight excluding hydrogens is 216 g/mol. The van der Waals surface area contributed by atoms with Gasteiger partial charge in [0.25, 0.3) is 0 Å². The zero-order valence-corrected chi connectivity index (χ0v) is 11.1. The van der Waals surface area contributed by atoms with Gasteiger partial charge in [-0.1, -0.05) is 0 Å². The van der Waals surface area contributed by atoms with Gasteiger partial charge in [0.2, 0.25) is 0 Å². The van der Waals surface area contributed by atoms with Crippen LogP contribution in [-0.2, 0) is 0 Å². The number of benzene rings is 1. The maximum Gasteiger partial charge on any atom is 0.163 e. The Morgan fingerprint density at radius 2 is 2.00 bits per heavy atom. The number of rotatable bonds is 6. The van der Waals surface area contributed by atoms with Crippen molar-refractivity contribution in [3.63, 3.8) is 0 Å². The van der Waals surface area contributed by atoms with Gasteiger partial charge in [0, 0.05) is 24.3 Å². The third-order valence-corrected chi connectivity index (χ3v) is 2.77. The Kier molecular flexibility index (Phi) is 5.10. The van der Waals surface area contributed by atoms with E-state index in [0.717, 1.165) is 6.54 Å². The van der Waals surface area contributed by atoms with E-state index >= 15 is 0 Å². The molecule has 2 N–H and O–H groups in total. The van der Waals surface area contributed by atoms with E-state index in [4.69, 9.17) is 15.2 Å². The number of hydrogen-bond donors (Lipinski definition) is 1. The number of ether oxygens (including phenoxy) is 2. The summed E-state index contributed by atoms with van der Waals surface area (Å²) in [4.78, 5) is 2.22. The Hall–Kier alpha value is -1.42. The molecule has 0 bridgehead atoms. The van der Waals surface area contributed by atoms with E-state index in [0.29, 0.717) is 29.8 Å². The maximum atomic E-state index is 5.72. The average Bonchev–Trinajstić information content (AvgIpc) is 2.29. The number of likely N-dealkylation sites (N-methyl/N-ethyl adjacent to an activating group) is 1. The summed E-state index contributed by atoms with van der Waals surface area (Å²) >= 11 is 0. The van der Waals surface area contributed by atoms with E-state index in [-0.39, 0.29) is 0 Å². The standard InChI is InChI=1S/C13H22N2O2/c1-10(2)15(3)7-8-17-13-9-11(14)5-6-12(13)16-4/h5-6,9-10H,7-8,14H2,1-4H3. The van der Waals surface area contributed by atoms with Gasteiger partial charge in [0.15, 0.2) is 11.5 Å². The van der Waals surface area contributed by atoms with Crippen molar-refractivity contribution >= 4 is 5.69 Å². The molecule has 17 heavy (non-hydrogen) atoms. The second-order valence-electron chi connectivity index (χ2n) is 4.33. The first-order valence-corrected chi connectivity index (χ1v) is 5.81. The molecule has 0 radical (unpaired) electrons. The van der Waals surface area contributed by atoms with Crippen molar-refractivity contribution in [3.8, 4) is 11.5 Å². The van der Waals surface area contributed by atoms with Crippen LogP contribution in [0.25, 0.3) is 0 Å². The summed E-state index contributed by atoms with van der Waals surface area (Å²) in [6, 6.07) is 5.91. The van der Waals surface area contributed by atoms with Crippen molar-refractivity contribution in [1.82, 2.24) is 4.90 Å². The smallest absolute Gasteiger partial charge is 0.163 e. The molecule has 1 aromatic rings. The van der Waals surface area contributed by atoms with Crippen LogP contribution < -0.4 is 15.2 Å². The summed E-state index contributed by atoms with van der Waals surface area (Å²) in [6.07, 6.45) is 0. The summed E-state index contributed by atoms with van der Waals surface area (Å²) < 4.78 is 10.9. The van der Waals surface area contributed by atoms with Gasteiger partial charge < -0.3 is 20.1 Å². The van der Waals surface area contributed by atoms with Gasteiger partial charge in [-0.2, -0.15) is 0 Å². The van der Waals surface area contributed by atoms with E-state index in [1.54, 1.807) is 19.2 Å². The van der Waals surface area contributed by atoms with Gasteiger partial charge in [-0.05, 0) is 33.0 Å². The summed E-state index contributed by atoms with van der Waals surface area (Å²) in [5, 5.41) is 0. The molecule has 0 aliphatic heterocycles. The lowest BCUT2D eigenvalue weighted by Crippen LogP contribution is -2.30. The van der Waals surface area contributed by atoms with Gasteiger partial charge in [-0.15, -0.1) is 0 Å². The molecule has 96 valence electrons. The minimum Gasteiger partial charge on any atom is -0.493 e. The number of anilines is 1. The minimum absolute atomic E-state index is 0.515. The van der Waals surface area contributed by atoms with E-state index in [9.17, 15) is 0 Å². The SMILES string of the molecule is COc1ccc(N)cc1OCCN(C)C(C)C. The fraction of sp³-hybridized carbons (Fsp3) is 0.538. The number of methoxy groups -OCH3 is 1. The molecule has 1 rings (SSSR count). The first-order valence-electron chi connectivity index (χ1n) is 5.81. The number of nitrogen functional groups attached to an aromatic ring is 1. The monoisotopic (exact) mass is 238 g/mol. The highest BCUT2D eigenvalue weighted by Gasteiger charge is 2.06. The van der Waals surface area contributed by atoms with Crippen molar-refractivity contribution < 1.29 is 9.47 Å². The molecule has 0 amide bonds.